The summed E-state index contributed by atoms with van der Waals surface area (Å²) >= 11 is 0. The minimum absolute atomic E-state index is 0.138. The predicted molar refractivity (Wildman–Crippen MR) is 86.1 cm³/mol. The second-order valence-corrected chi connectivity index (χ2v) is 7.48. The maximum Gasteiger partial charge on any atom is 0.354 e. The molecule has 23 heavy (non-hydrogen) atoms. The number of ether oxygens (including phenoxy) is 1. The molecule has 1 aromatic rings. The van der Waals surface area contributed by atoms with E-state index in [9.17, 15) is 9.36 Å². The molecule has 1 aliphatic heterocycles. The summed E-state index contributed by atoms with van der Waals surface area (Å²) in [5.41, 5.74) is 5.97. The maximum absolute atomic E-state index is 13.1. The van der Waals surface area contributed by atoms with E-state index >= 15 is 0 Å². The summed E-state index contributed by atoms with van der Waals surface area (Å²) in [6.45, 7) is 4.54. The Bertz CT molecular complexity index is 550. The van der Waals surface area contributed by atoms with Crippen molar-refractivity contribution >= 4 is 13.5 Å². The van der Waals surface area contributed by atoms with Gasteiger partial charge in [0.2, 0.25) is 0 Å². The topological polar surface area (TPSA) is 85.9 Å². The van der Waals surface area contributed by atoms with Gasteiger partial charge in [0.25, 0.3) is 5.91 Å². The lowest BCUT2D eigenvalue weighted by Crippen LogP contribution is -2.55. The lowest BCUT2D eigenvalue weighted by molar-refractivity contribution is 0.0900. The van der Waals surface area contributed by atoms with Crippen LogP contribution in [0, 0.1) is 0 Å². The van der Waals surface area contributed by atoms with Gasteiger partial charge in [-0.2, -0.15) is 0 Å². The van der Waals surface area contributed by atoms with Gasteiger partial charge in [0, 0.05) is 18.6 Å². The van der Waals surface area contributed by atoms with Crippen LogP contribution in [0.25, 0.3) is 0 Å². The van der Waals surface area contributed by atoms with E-state index in [1.165, 1.54) is 0 Å². The molecule has 8 heteroatoms. The normalized spacial score (nSPS) is 21.3. The molecule has 1 aliphatic rings. The number of amides is 1. The fourth-order valence-corrected chi connectivity index (χ4v) is 4.45. The lowest BCUT2D eigenvalue weighted by atomic mass is 10.2. The van der Waals surface area contributed by atoms with Crippen LogP contribution in [0.3, 0.4) is 0 Å². The van der Waals surface area contributed by atoms with Crippen molar-refractivity contribution in [1.29, 1.82) is 0 Å². The summed E-state index contributed by atoms with van der Waals surface area (Å²) in [4.78, 5) is 12.2. The number of hydrogen-bond donors (Lipinski definition) is 2. The smallest absolute Gasteiger partial charge is 0.354 e. The fraction of sp³-hybridized carbons (Fsp3) is 0.533. The van der Waals surface area contributed by atoms with E-state index < -0.39 is 12.9 Å². The van der Waals surface area contributed by atoms with E-state index in [1.807, 2.05) is 6.07 Å². The van der Waals surface area contributed by atoms with Crippen LogP contribution >= 0.6 is 7.60 Å². The van der Waals surface area contributed by atoms with E-state index in [2.05, 4.69) is 10.9 Å². The van der Waals surface area contributed by atoms with Crippen LogP contribution in [0.5, 0.6) is 0 Å². The summed E-state index contributed by atoms with van der Waals surface area (Å²) in [5, 5.41) is -1.08. The molecule has 2 rings (SSSR count). The van der Waals surface area contributed by atoms with Crippen LogP contribution in [0.1, 0.15) is 30.6 Å². The van der Waals surface area contributed by atoms with Crippen molar-refractivity contribution < 1.29 is 23.1 Å². The Hall–Kier alpha value is -1.24. The van der Waals surface area contributed by atoms with Crippen LogP contribution in [0.2, 0.25) is 0 Å². The van der Waals surface area contributed by atoms with E-state index in [0.29, 0.717) is 18.6 Å². The molecular weight excluding hydrogens is 319 g/mol. The Morgan fingerprint density at radius 2 is 1.91 bits per heavy atom. The van der Waals surface area contributed by atoms with Crippen LogP contribution < -0.4 is 10.9 Å². The quantitative estimate of drug-likeness (QED) is 0.557. The molecule has 0 spiro atoms. The average molecular weight is 342 g/mol. The minimum atomic E-state index is -3.50. The van der Waals surface area contributed by atoms with Gasteiger partial charge >= 0.3 is 7.60 Å². The third kappa shape index (κ3) is 4.00. The van der Waals surface area contributed by atoms with Crippen molar-refractivity contribution in [1.82, 2.24) is 10.9 Å². The molecular formula is C15H23N2O5P. The minimum Gasteiger partial charge on any atom is -0.379 e. The standard InChI is InChI=1S/C15H23N2O5P/c1-3-21-23(19,22-4-2)15(10-11-20-12-15)17-16-14(18)13-8-6-5-7-9-13/h5-9,17H,3-4,10-12H2,1-2H3,(H,16,18). The van der Waals surface area contributed by atoms with Crippen molar-refractivity contribution in [2.45, 2.75) is 25.5 Å². The fourth-order valence-electron chi connectivity index (χ4n) is 2.40. The highest BCUT2D eigenvalue weighted by molar-refractivity contribution is 7.55. The van der Waals surface area contributed by atoms with E-state index in [0.717, 1.165) is 0 Å². The van der Waals surface area contributed by atoms with E-state index in [4.69, 9.17) is 13.8 Å². The molecule has 2 N–H and O–H groups in total. The van der Waals surface area contributed by atoms with Gasteiger partial charge in [-0.05, 0) is 26.0 Å². The molecule has 128 valence electrons. The van der Waals surface area contributed by atoms with Gasteiger partial charge in [0.05, 0.1) is 19.8 Å². The first-order valence-corrected chi connectivity index (χ1v) is 9.20. The van der Waals surface area contributed by atoms with Crippen molar-refractivity contribution in [3.05, 3.63) is 35.9 Å². The van der Waals surface area contributed by atoms with E-state index in [1.54, 1.807) is 38.1 Å². The third-order valence-electron chi connectivity index (χ3n) is 3.57. The number of carbonyl (C=O) groups excluding carboxylic acids is 1. The Morgan fingerprint density at radius 1 is 1.26 bits per heavy atom. The molecule has 0 radical (unpaired) electrons. The number of benzene rings is 1. The summed E-state index contributed by atoms with van der Waals surface area (Å²) in [7, 11) is -3.50. The van der Waals surface area contributed by atoms with Crippen molar-refractivity contribution in [3.63, 3.8) is 0 Å². The highest BCUT2D eigenvalue weighted by Gasteiger charge is 2.54. The molecule has 0 aliphatic carbocycles. The molecule has 1 fully saturated rings. The first kappa shape index (κ1) is 18.1. The molecule has 0 aromatic heterocycles. The molecule has 0 saturated carbocycles. The molecule has 0 bridgehead atoms. The molecule has 1 atom stereocenters. The van der Waals surface area contributed by atoms with Gasteiger partial charge in [-0.1, -0.05) is 18.2 Å². The first-order valence-electron chi connectivity index (χ1n) is 7.66. The van der Waals surface area contributed by atoms with Crippen LogP contribution in [0.4, 0.5) is 0 Å². The third-order valence-corrected chi connectivity index (χ3v) is 6.28. The zero-order chi connectivity index (χ0) is 16.8. The number of carbonyl (C=O) groups is 1. The predicted octanol–water partition coefficient (Wildman–Crippen LogP) is 2.30. The highest BCUT2D eigenvalue weighted by Crippen LogP contribution is 2.61. The van der Waals surface area contributed by atoms with Gasteiger partial charge < -0.3 is 13.8 Å². The van der Waals surface area contributed by atoms with Crippen molar-refractivity contribution in [2.24, 2.45) is 0 Å². The molecule has 1 saturated heterocycles. The molecule has 1 unspecified atom stereocenters. The number of hydrazine groups is 1. The summed E-state index contributed by atoms with van der Waals surface area (Å²) in [6, 6.07) is 8.76. The van der Waals surface area contributed by atoms with Crippen LogP contribution in [-0.4, -0.2) is 37.6 Å². The Morgan fingerprint density at radius 3 is 2.43 bits per heavy atom. The van der Waals surface area contributed by atoms with E-state index in [-0.39, 0.29) is 25.7 Å². The Labute approximate surface area is 136 Å². The lowest BCUT2D eigenvalue weighted by Gasteiger charge is -2.35. The van der Waals surface area contributed by atoms with Crippen LogP contribution in [0.15, 0.2) is 30.3 Å². The second-order valence-electron chi connectivity index (χ2n) is 5.11. The van der Waals surface area contributed by atoms with Crippen molar-refractivity contribution in [3.8, 4) is 0 Å². The zero-order valence-electron chi connectivity index (χ0n) is 13.4. The zero-order valence-corrected chi connectivity index (χ0v) is 14.3. The van der Waals surface area contributed by atoms with Gasteiger partial charge in [0.15, 0.2) is 5.28 Å². The van der Waals surface area contributed by atoms with Crippen molar-refractivity contribution in [2.75, 3.05) is 26.4 Å². The SMILES string of the molecule is CCOP(=O)(OCC)C1(NNC(=O)c2ccccc2)CCOC1. The Balaban J connectivity index is 2.14. The summed E-state index contributed by atoms with van der Waals surface area (Å²) < 4.78 is 29.4. The first-order chi connectivity index (χ1) is 11.1. The largest absolute Gasteiger partial charge is 0.379 e. The molecule has 1 amide bonds. The Kier molecular flexibility index (Phi) is 6.33. The number of nitrogens with one attached hydrogen (secondary N) is 2. The van der Waals surface area contributed by atoms with Gasteiger partial charge in [-0.25, -0.2) is 5.43 Å². The monoisotopic (exact) mass is 342 g/mol. The highest BCUT2D eigenvalue weighted by atomic mass is 31.2. The summed E-state index contributed by atoms with van der Waals surface area (Å²) in [6.07, 6.45) is 0.416. The number of rotatable bonds is 8. The maximum atomic E-state index is 13.1. The van der Waals surface area contributed by atoms with Gasteiger partial charge in [0.1, 0.15) is 0 Å². The van der Waals surface area contributed by atoms with Crippen LogP contribution in [-0.2, 0) is 18.3 Å². The second kappa shape index (κ2) is 8.04. The molecule has 1 heterocycles. The van der Waals surface area contributed by atoms with Gasteiger partial charge in [-0.3, -0.25) is 14.8 Å². The average Bonchev–Trinajstić information content (AvgIpc) is 3.04. The summed E-state index contributed by atoms with van der Waals surface area (Å²) in [5.74, 6) is -0.323. The van der Waals surface area contributed by atoms with Gasteiger partial charge in [-0.15, -0.1) is 0 Å². The molecule has 1 aromatic carbocycles. The molecule has 7 nitrogen and oxygen atoms in total. The number of hydrogen-bond acceptors (Lipinski definition) is 6.